The Hall–Kier alpha value is -1.85. The van der Waals surface area contributed by atoms with Crippen LogP contribution in [-0.2, 0) is 0 Å². The zero-order valence-electron chi connectivity index (χ0n) is 11.6. The maximum Gasteiger partial charge on any atom is 0.240 e. The summed E-state index contributed by atoms with van der Waals surface area (Å²) in [5.41, 5.74) is 8.61. The van der Waals surface area contributed by atoms with E-state index in [9.17, 15) is 0 Å². The van der Waals surface area contributed by atoms with Gasteiger partial charge in [0.1, 0.15) is 5.69 Å². The third-order valence-electron chi connectivity index (χ3n) is 3.09. The molecule has 20 heavy (non-hydrogen) atoms. The zero-order valence-corrected chi connectivity index (χ0v) is 12.3. The molecule has 6 heteroatoms. The number of methoxy groups -OCH3 is 2. The molecule has 2 N–H and O–H groups in total. The molecule has 0 aliphatic rings. The minimum atomic E-state index is -0.470. The van der Waals surface area contributed by atoms with E-state index in [1.165, 1.54) is 20.4 Å². The Labute approximate surface area is 122 Å². The molecular formula is C14H16ClN3O2. The summed E-state index contributed by atoms with van der Waals surface area (Å²) in [5, 5.41) is 0.665. The fraction of sp³-hybridized carbons (Fsp3) is 0.286. The van der Waals surface area contributed by atoms with E-state index in [1.807, 2.05) is 25.1 Å². The highest BCUT2D eigenvalue weighted by Crippen LogP contribution is 2.30. The van der Waals surface area contributed by atoms with Gasteiger partial charge >= 0.3 is 0 Å². The molecule has 0 saturated carbocycles. The lowest BCUT2D eigenvalue weighted by atomic mass is 9.99. The summed E-state index contributed by atoms with van der Waals surface area (Å²) in [6, 6.07) is 5.12. The summed E-state index contributed by atoms with van der Waals surface area (Å²) in [4.78, 5) is 8.48. The van der Waals surface area contributed by atoms with E-state index in [-0.39, 0.29) is 0 Å². The molecule has 0 aliphatic heterocycles. The number of aromatic nitrogens is 2. The zero-order chi connectivity index (χ0) is 14.7. The van der Waals surface area contributed by atoms with Gasteiger partial charge in [0.2, 0.25) is 11.8 Å². The molecule has 0 spiro atoms. The lowest BCUT2D eigenvalue weighted by Gasteiger charge is -2.17. The SMILES string of the molecule is COc1cnc(C(N)c2cccc(Cl)c2C)c(OC)n1. The summed E-state index contributed by atoms with van der Waals surface area (Å²) < 4.78 is 10.3. The van der Waals surface area contributed by atoms with Crippen LogP contribution in [0.5, 0.6) is 11.8 Å². The van der Waals surface area contributed by atoms with Gasteiger partial charge in [0.25, 0.3) is 0 Å². The van der Waals surface area contributed by atoms with E-state index in [0.717, 1.165) is 11.1 Å². The van der Waals surface area contributed by atoms with Crippen molar-refractivity contribution in [3.05, 3.63) is 46.2 Å². The summed E-state index contributed by atoms with van der Waals surface area (Å²) in [5.74, 6) is 0.719. The molecule has 0 bridgehead atoms. The van der Waals surface area contributed by atoms with Crippen LogP contribution >= 0.6 is 11.6 Å². The number of nitrogens with two attached hydrogens (primary N) is 1. The number of halogens is 1. The smallest absolute Gasteiger partial charge is 0.240 e. The molecule has 2 aromatic rings. The van der Waals surface area contributed by atoms with Crippen molar-refractivity contribution in [1.82, 2.24) is 9.97 Å². The Morgan fingerprint density at radius 1 is 1.25 bits per heavy atom. The number of nitrogens with zero attached hydrogens (tertiary/aromatic N) is 2. The number of benzene rings is 1. The number of hydrogen-bond donors (Lipinski definition) is 1. The Morgan fingerprint density at radius 3 is 2.65 bits per heavy atom. The fourth-order valence-electron chi connectivity index (χ4n) is 1.94. The van der Waals surface area contributed by atoms with Crippen molar-refractivity contribution in [3.8, 4) is 11.8 Å². The molecule has 1 unspecified atom stereocenters. The van der Waals surface area contributed by atoms with E-state index in [2.05, 4.69) is 9.97 Å². The van der Waals surface area contributed by atoms with Crippen LogP contribution in [0.15, 0.2) is 24.4 Å². The Kier molecular flexibility index (Phi) is 4.42. The van der Waals surface area contributed by atoms with E-state index in [0.29, 0.717) is 22.5 Å². The second kappa shape index (κ2) is 6.07. The molecule has 0 fully saturated rings. The van der Waals surface area contributed by atoms with E-state index >= 15 is 0 Å². The van der Waals surface area contributed by atoms with Crippen molar-refractivity contribution in [3.63, 3.8) is 0 Å². The second-order valence-corrected chi connectivity index (χ2v) is 4.65. The minimum absolute atomic E-state index is 0.344. The van der Waals surface area contributed by atoms with Gasteiger partial charge < -0.3 is 15.2 Å². The van der Waals surface area contributed by atoms with Gasteiger partial charge in [0, 0.05) is 5.02 Å². The van der Waals surface area contributed by atoms with Gasteiger partial charge in [0.05, 0.1) is 26.5 Å². The molecule has 1 aromatic heterocycles. The average molecular weight is 294 g/mol. The van der Waals surface area contributed by atoms with Crippen LogP contribution in [0.1, 0.15) is 22.9 Å². The molecular weight excluding hydrogens is 278 g/mol. The molecule has 0 aliphatic carbocycles. The van der Waals surface area contributed by atoms with Crippen molar-refractivity contribution in [2.45, 2.75) is 13.0 Å². The highest BCUT2D eigenvalue weighted by molar-refractivity contribution is 6.31. The molecule has 106 valence electrons. The van der Waals surface area contributed by atoms with Crippen LogP contribution in [0.2, 0.25) is 5.02 Å². The summed E-state index contributed by atoms with van der Waals surface area (Å²) in [6.07, 6.45) is 1.51. The van der Waals surface area contributed by atoms with Gasteiger partial charge in [-0.2, -0.15) is 4.98 Å². The molecule has 0 radical (unpaired) electrons. The highest BCUT2D eigenvalue weighted by atomic mass is 35.5. The lowest BCUT2D eigenvalue weighted by Crippen LogP contribution is -2.17. The Morgan fingerprint density at radius 2 is 2.00 bits per heavy atom. The van der Waals surface area contributed by atoms with Crippen molar-refractivity contribution in [2.75, 3.05) is 14.2 Å². The van der Waals surface area contributed by atoms with E-state index < -0.39 is 6.04 Å². The van der Waals surface area contributed by atoms with Gasteiger partial charge in [0.15, 0.2) is 0 Å². The van der Waals surface area contributed by atoms with Gasteiger partial charge in [-0.3, -0.25) is 0 Å². The first-order valence-electron chi connectivity index (χ1n) is 6.04. The monoisotopic (exact) mass is 293 g/mol. The van der Waals surface area contributed by atoms with Gasteiger partial charge in [-0.05, 0) is 24.1 Å². The average Bonchev–Trinajstić information content (AvgIpc) is 2.48. The van der Waals surface area contributed by atoms with Crippen LogP contribution in [0.3, 0.4) is 0 Å². The number of rotatable bonds is 4. The minimum Gasteiger partial charge on any atom is -0.480 e. The quantitative estimate of drug-likeness (QED) is 0.938. The maximum absolute atomic E-state index is 6.27. The van der Waals surface area contributed by atoms with Crippen molar-refractivity contribution < 1.29 is 9.47 Å². The standard InChI is InChI=1S/C14H16ClN3O2/c1-8-9(5-4-6-10(8)15)12(16)13-14(20-3)18-11(19-2)7-17-13/h4-7,12H,16H2,1-3H3. The fourth-order valence-corrected chi connectivity index (χ4v) is 2.12. The molecule has 1 atom stereocenters. The van der Waals surface area contributed by atoms with Crippen molar-refractivity contribution >= 4 is 11.6 Å². The normalized spacial score (nSPS) is 12.1. The molecule has 1 aromatic carbocycles. The third-order valence-corrected chi connectivity index (χ3v) is 3.50. The Bertz CT molecular complexity index is 619. The van der Waals surface area contributed by atoms with Crippen LogP contribution < -0.4 is 15.2 Å². The third kappa shape index (κ3) is 2.69. The summed E-state index contributed by atoms with van der Waals surface area (Å²) in [7, 11) is 3.04. The summed E-state index contributed by atoms with van der Waals surface area (Å²) in [6.45, 7) is 1.92. The largest absolute Gasteiger partial charge is 0.480 e. The first-order chi connectivity index (χ1) is 9.58. The highest BCUT2D eigenvalue weighted by Gasteiger charge is 2.20. The molecule has 0 saturated heterocycles. The lowest BCUT2D eigenvalue weighted by molar-refractivity contribution is 0.355. The summed E-state index contributed by atoms with van der Waals surface area (Å²) >= 11 is 6.12. The maximum atomic E-state index is 6.27. The van der Waals surface area contributed by atoms with Crippen molar-refractivity contribution in [2.24, 2.45) is 5.73 Å². The molecule has 5 nitrogen and oxygen atoms in total. The predicted molar refractivity (Wildman–Crippen MR) is 77.4 cm³/mol. The van der Waals surface area contributed by atoms with Crippen LogP contribution in [-0.4, -0.2) is 24.2 Å². The molecule has 2 rings (SSSR count). The van der Waals surface area contributed by atoms with Gasteiger partial charge in [-0.25, -0.2) is 4.98 Å². The van der Waals surface area contributed by atoms with Crippen LogP contribution in [0, 0.1) is 6.92 Å². The number of hydrogen-bond acceptors (Lipinski definition) is 5. The molecule has 0 amide bonds. The van der Waals surface area contributed by atoms with Crippen LogP contribution in [0.4, 0.5) is 0 Å². The van der Waals surface area contributed by atoms with Gasteiger partial charge in [-0.1, -0.05) is 23.7 Å². The first kappa shape index (κ1) is 14.6. The van der Waals surface area contributed by atoms with E-state index in [4.69, 9.17) is 26.8 Å². The Balaban J connectivity index is 2.47. The first-order valence-corrected chi connectivity index (χ1v) is 6.41. The number of ether oxygens (including phenoxy) is 2. The van der Waals surface area contributed by atoms with Crippen molar-refractivity contribution in [1.29, 1.82) is 0 Å². The van der Waals surface area contributed by atoms with E-state index in [1.54, 1.807) is 0 Å². The molecule has 1 heterocycles. The topological polar surface area (TPSA) is 70.3 Å². The predicted octanol–water partition coefficient (Wildman–Crippen LogP) is 2.50. The van der Waals surface area contributed by atoms with Gasteiger partial charge in [-0.15, -0.1) is 0 Å². The van der Waals surface area contributed by atoms with Crippen LogP contribution in [0.25, 0.3) is 0 Å². The second-order valence-electron chi connectivity index (χ2n) is 4.24.